The molecule has 2 N–H and O–H groups in total. The molecule has 4 heteroatoms. The van der Waals surface area contributed by atoms with Gasteiger partial charge in [0.25, 0.3) is 0 Å². The number of aliphatic imine (C=N–C) groups is 1. The molecule has 31 heavy (non-hydrogen) atoms. The maximum absolute atomic E-state index is 13.6. The van der Waals surface area contributed by atoms with E-state index >= 15 is 0 Å². The molecule has 0 aliphatic rings. The van der Waals surface area contributed by atoms with E-state index in [1.165, 1.54) is 6.07 Å². The van der Waals surface area contributed by atoms with Gasteiger partial charge in [0.05, 0.1) is 0 Å². The van der Waals surface area contributed by atoms with E-state index in [0.717, 1.165) is 34.6 Å². The fraction of sp³-hybridized carbons (Fsp3) is 0.296. The summed E-state index contributed by atoms with van der Waals surface area (Å²) in [5.41, 5.74) is 4.76. The van der Waals surface area contributed by atoms with Gasteiger partial charge in [-0.1, -0.05) is 56.0 Å². The van der Waals surface area contributed by atoms with Gasteiger partial charge in [-0.2, -0.15) is 0 Å². The zero-order valence-electron chi connectivity index (χ0n) is 19.0. The van der Waals surface area contributed by atoms with Crippen molar-refractivity contribution in [3.05, 3.63) is 96.5 Å². The van der Waals surface area contributed by atoms with E-state index in [1.807, 2.05) is 56.3 Å². The van der Waals surface area contributed by atoms with Gasteiger partial charge >= 0.3 is 0 Å². The van der Waals surface area contributed by atoms with Gasteiger partial charge < -0.3 is 10.6 Å². The molecular formula is C27H34FN3. The van der Waals surface area contributed by atoms with Gasteiger partial charge in [-0.05, 0) is 44.5 Å². The number of para-hydroxylation sites is 1. The number of benzene rings is 2. The number of halogens is 1. The summed E-state index contributed by atoms with van der Waals surface area (Å²) < 4.78 is 13.6. The second-order valence-electron chi connectivity index (χ2n) is 7.66. The van der Waals surface area contributed by atoms with Crippen LogP contribution in [0.15, 0.2) is 84.5 Å². The first kappa shape index (κ1) is 24.1. The average molecular weight is 420 g/mol. The number of nitrogens with zero attached hydrogens (tertiary/aromatic N) is 1. The van der Waals surface area contributed by atoms with Crippen molar-refractivity contribution in [3.8, 4) is 0 Å². The van der Waals surface area contributed by atoms with Crippen molar-refractivity contribution in [2.75, 3.05) is 5.32 Å². The van der Waals surface area contributed by atoms with Crippen molar-refractivity contribution >= 4 is 17.6 Å². The molecule has 2 aromatic rings. The van der Waals surface area contributed by atoms with Crippen molar-refractivity contribution in [2.45, 2.75) is 52.1 Å². The van der Waals surface area contributed by atoms with Gasteiger partial charge in [-0.3, -0.25) is 4.99 Å². The van der Waals surface area contributed by atoms with Gasteiger partial charge in [0.2, 0.25) is 0 Å². The highest BCUT2D eigenvalue weighted by molar-refractivity contribution is 5.74. The fourth-order valence-electron chi connectivity index (χ4n) is 3.45. The quantitative estimate of drug-likeness (QED) is 0.306. The predicted molar refractivity (Wildman–Crippen MR) is 133 cm³/mol. The molecule has 0 saturated heterocycles. The lowest BCUT2D eigenvalue weighted by molar-refractivity contribution is 0.609. The van der Waals surface area contributed by atoms with Gasteiger partial charge in [0, 0.05) is 53.3 Å². The zero-order valence-corrected chi connectivity index (χ0v) is 19.0. The molecule has 3 atom stereocenters. The fourth-order valence-corrected chi connectivity index (χ4v) is 3.45. The summed E-state index contributed by atoms with van der Waals surface area (Å²) >= 11 is 0. The second-order valence-corrected chi connectivity index (χ2v) is 7.66. The van der Waals surface area contributed by atoms with E-state index in [9.17, 15) is 4.39 Å². The zero-order chi connectivity index (χ0) is 22.8. The van der Waals surface area contributed by atoms with Crippen molar-refractivity contribution in [3.63, 3.8) is 0 Å². The highest BCUT2D eigenvalue weighted by Crippen LogP contribution is 2.27. The molecule has 0 radical (unpaired) electrons. The minimum atomic E-state index is -0.210. The highest BCUT2D eigenvalue weighted by Gasteiger charge is 2.17. The van der Waals surface area contributed by atoms with Crippen LogP contribution in [-0.2, 0) is 0 Å². The molecule has 2 aromatic carbocycles. The molecule has 0 spiro atoms. The van der Waals surface area contributed by atoms with Gasteiger partial charge in [-0.25, -0.2) is 4.39 Å². The Kier molecular flexibility index (Phi) is 9.26. The molecular weight excluding hydrogens is 385 g/mol. The molecule has 0 aliphatic heterocycles. The third kappa shape index (κ3) is 6.95. The lowest BCUT2D eigenvalue weighted by atomic mass is 9.94. The Bertz CT molecular complexity index is 945. The van der Waals surface area contributed by atoms with E-state index in [1.54, 1.807) is 18.3 Å². The third-order valence-corrected chi connectivity index (χ3v) is 5.46. The monoisotopic (exact) mass is 419 g/mol. The maximum Gasteiger partial charge on any atom is 0.123 e. The second kappa shape index (κ2) is 11.9. The smallest absolute Gasteiger partial charge is 0.123 e. The Morgan fingerprint density at radius 1 is 1.13 bits per heavy atom. The maximum atomic E-state index is 13.6. The van der Waals surface area contributed by atoms with Crippen LogP contribution in [0.2, 0.25) is 0 Å². The van der Waals surface area contributed by atoms with E-state index in [0.29, 0.717) is 0 Å². The van der Waals surface area contributed by atoms with Gasteiger partial charge in [-0.15, -0.1) is 6.58 Å². The molecule has 0 amide bonds. The minimum absolute atomic E-state index is 0.0131. The highest BCUT2D eigenvalue weighted by atomic mass is 19.1. The van der Waals surface area contributed by atoms with Crippen LogP contribution < -0.4 is 10.6 Å². The molecule has 0 aromatic heterocycles. The van der Waals surface area contributed by atoms with Crippen molar-refractivity contribution in [1.29, 1.82) is 0 Å². The number of allylic oxidation sites excluding steroid dienone is 1. The lowest BCUT2D eigenvalue weighted by Crippen LogP contribution is -2.27. The van der Waals surface area contributed by atoms with Gasteiger partial charge in [0.1, 0.15) is 5.82 Å². The van der Waals surface area contributed by atoms with Crippen molar-refractivity contribution in [1.82, 2.24) is 5.32 Å². The Morgan fingerprint density at radius 3 is 2.52 bits per heavy atom. The summed E-state index contributed by atoms with van der Waals surface area (Å²) in [5, 5.41) is 7.06. The van der Waals surface area contributed by atoms with Crippen LogP contribution in [0.25, 0.3) is 5.70 Å². The number of anilines is 1. The average Bonchev–Trinajstić information content (AvgIpc) is 2.77. The predicted octanol–water partition coefficient (Wildman–Crippen LogP) is 6.93. The molecule has 0 aliphatic carbocycles. The summed E-state index contributed by atoms with van der Waals surface area (Å²) in [6.45, 7) is 16.3. The Hall–Kier alpha value is -3.14. The number of nitrogens with one attached hydrogen (secondary N) is 2. The van der Waals surface area contributed by atoms with E-state index in [2.05, 4.69) is 42.6 Å². The molecule has 3 nitrogen and oxygen atoms in total. The standard InChI is InChI=1S/C27H34FN3/c1-7-24(29-9-3)18-25(8-2)30-21(6)26-15-10-11-16-27(26)31-20(5)19(4)22-13-12-14-23(28)17-22/h7-17,19-20,25,30-31H,2,6,18H2,1,3-5H3/b24-7-,29-9-. The number of hydrogen-bond acceptors (Lipinski definition) is 3. The number of hydrogen-bond donors (Lipinski definition) is 2. The summed E-state index contributed by atoms with van der Waals surface area (Å²) in [6.07, 6.45) is 6.41. The SMILES string of the molecule is C=CC(CC(=C/C)/N=C\C)NC(=C)c1ccccc1NC(C)C(C)c1cccc(F)c1. The normalized spacial score (nSPS) is 14.7. The van der Waals surface area contributed by atoms with E-state index in [4.69, 9.17) is 0 Å². The summed E-state index contributed by atoms with van der Waals surface area (Å²) in [4.78, 5) is 4.40. The van der Waals surface area contributed by atoms with Crippen molar-refractivity contribution in [2.24, 2.45) is 4.99 Å². The third-order valence-electron chi connectivity index (χ3n) is 5.46. The minimum Gasteiger partial charge on any atom is -0.381 e. The number of rotatable bonds is 11. The van der Waals surface area contributed by atoms with Crippen LogP contribution in [0, 0.1) is 5.82 Å². The van der Waals surface area contributed by atoms with E-state index in [-0.39, 0.29) is 23.8 Å². The molecule has 0 fully saturated rings. The van der Waals surface area contributed by atoms with Crippen LogP contribution >= 0.6 is 0 Å². The lowest BCUT2D eigenvalue weighted by Gasteiger charge is -2.26. The first-order valence-corrected chi connectivity index (χ1v) is 10.7. The summed E-state index contributed by atoms with van der Waals surface area (Å²) in [5.74, 6) is -0.0760. The van der Waals surface area contributed by atoms with Crippen molar-refractivity contribution < 1.29 is 4.39 Å². The molecule has 0 saturated carbocycles. The van der Waals surface area contributed by atoms with E-state index < -0.39 is 0 Å². The first-order chi connectivity index (χ1) is 14.9. The molecule has 2 rings (SSSR count). The largest absolute Gasteiger partial charge is 0.381 e. The molecule has 164 valence electrons. The van der Waals surface area contributed by atoms with Crippen LogP contribution in [0.1, 0.15) is 51.2 Å². The Morgan fingerprint density at radius 2 is 1.87 bits per heavy atom. The molecule has 3 unspecified atom stereocenters. The van der Waals surface area contributed by atoms with Crippen LogP contribution in [0.4, 0.5) is 10.1 Å². The molecule has 0 bridgehead atoms. The first-order valence-electron chi connectivity index (χ1n) is 10.7. The summed E-state index contributed by atoms with van der Waals surface area (Å²) in [6, 6.07) is 15.0. The Balaban J connectivity index is 2.14. The Labute approximate surface area is 186 Å². The van der Waals surface area contributed by atoms with Crippen LogP contribution in [0.3, 0.4) is 0 Å². The topological polar surface area (TPSA) is 36.4 Å². The van der Waals surface area contributed by atoms with Crippen LogP contribution in [0.5, 0.6) is 0 Å². The van der Waals surface area contributed by atoms with Crippen LogP contribution in [-0.4, -0.2) is 18.3 Å². The molecule has 0 heterocycles. The summed E-state index contributed by atoms with van der Waals surface area (Å²) in [7, 11) is 0. The van der Waals surface area contributed by atoms with Gasteiger partial charge in [0.15, 0.2) is 0 Å².